The van der Waals surface area contributed by atoms with Crippen LogP contribution in [0, 0.1) is 0 Å². The van der Waals surface area contributed by atoms with Crippen LogP contribution in [-0.4, -0.2) is 132 Å². The molecule has 0 aromatic carbocycles. The van der Waals surface area contributed by atoms with Gasteiger partial charge < -0.3 is 29.8 Å². The first-order valence-corrected chi connectivity index (χ1v) is 11.5. The van der Waals surface area contributed by atoms with E-state index in [1.165, 1.54) is 11.8 Å². The lowest BCUT2D eigenvalue weighted by molar-refractivity contribution is -0.136. The molecule has 9 heteroatoms. The summed E-state index contributed by atoms with van der Waals surface area (Å²) in [5.74, 6) is 0.420. The second-order valence-corrected chi connectivity index (χ2v) is 10.2. The molecule has 0 saturated carbocycles. The van der Waals surface area contributed by atoms with Gasteiger partial charge in [0.1, 0.15) is 0 Å². The predicted octanol–water partition coefficient (Wildman–Crippen LogP) is -0.450. The van der Waals surface area contributed by atoms with E-state index in [1.807, 2.05) is 38.0 Å². The van der Waals surface area contributed by atoms with Gasteiger partial charge in [0.15, 0.2) is 0 Å². The van der Waals surface area contributed by atoms with Crippen LogP contribution in [0.1, 0.15) is 25.7 Å². The fraction of sp³-hybridized carbons (Fsp3) is 0.900. The van der Waals surface area contributed by atoms with Crippen molar-refractivity contribution >= 4 is 23.6 Å². The quantitative estimate of drug-likeness (QED) is 0.539. The fourth-order valence-electron chi connectivity index (χ4n) is 4.49. The summed E-state index contributed by atoms with van der Waals surface area (Å²) in [6, 6.07) is 0. The number of likely N-dealkylation sites (tertiary alicyclic amines) is 2. The van der Waals surface area contributed by atoms with E-state index < -0.39 is 11.2 Å². The van der Waals surface area contributed by atoms with Gasteiger partial charge in [-0.1, -0.05) is 0 Å². The van der Waals surface area contributed by atoms with Crippen molar-refractivity contribution in [2.24, 2.45) is 0 Å². The van der Waals surface area contributed by atoms with Gasteiger partial charge in [-0.15, -0.1) is 11.8 Å². The molecule has 0 aromatic heterocycles. The van der Waals surface area contributed by atoms with Crippen LogP contribution in [0.3, 0.4) is 0 Å². The Morgan fingerprint density at radius 3 is 1.55 bits per heavy atom. The van der Waals surface area contributed by atoms with Gasteiger partial charge in [-0.3, -0.25) is 9.59 Å². The van der Waals surface area contributed by atoms with Crippen LogP contribution < -0.4 is 0 Å². The Morgan fingerprint density at radius 2 is 1.21 bits per heavy atom. The summed E-state index contributed by atoms with van der Waals surface area (Å²) < 4.78 is 0. The third kappa shape index (κ3) is 7.71. The van der Waals surface area contributed by atoms with E-state index in [1.54, 1.807) is 9.80 Å². The van der Waals surface area contributed by atoms with Gasteiger partial charge in [-0.25, -0.2) is 0 Å². The molecule has 0 bridgehead atoms. The van der Waals surface area contributed by atoms with Crippen LogP contribution in [0.2, 0.25) is 0 Å². The number of nitrogens with zero attached hydrogens (tertiary/aromatic N) is 4. The zero-order chi connectivity index (χ0) is 21.7. The average molecular weight is 431 g/mol. The molecule has 2 aliphatic rings. The molecule has 2 saturated heterocycles. The predicted molar refractivity (Wildman–Crippen MR) is 116 cm³/mol. The summed E-state index contributed by atoms with van der Waals surface area (Å²) in [4.78, 5) is 32.5. The summed E-state index contributed by atoms with van der Waals surface area (Å²) in [6.45, 7) is 3.09. The van der Waals surface area contributed by atoms with Gasteiger partial charge in [0.05, 0.1) is 35.8 Å². The van der Waals surface area contributed by atoms with E-state index in [2.05, 4.69) is 0 Å². The monoisotopic (exact) mass is 430 g/mol. The summed E-state index contributed by atoms with van der Waals surface area (Å²) >= 11 is 1.32. The number of thioether (sulfide) groups is 1. The van der Waals surface area contributed by atoms with Crippen molar-refractivity contribution in [1.82, 2.24) is 19.6 Å². The third-order valence-corrected chi connectivity index (χ3v) is 6.39. The van der Waals surface area contributed by atoms with Crippen LogP contribution in [0.25, 0.3) is 0 Å². The lowest BCUT2D eigenvalue weighted by Crippen LogP contribution is -2.55. The van der Waals surface area contributed by atoms with E-state index in [9.17, 15) is 19.8 Å². The highest BCUT2D eigenvalue weighted by Gasteiger charge is 2.37. The summed E-state index contributed by atoms with van der Waals surface area (Å²) in [5, 5.41) is 21.5. The Hall–Kier alpha value is -0.870. The number of carbonyl (C=O) groups excluding carboxylic acids is 2. The van der Waals surface area contributed by atoms with Crippen molar-refractivity contribution in [1.29, 1.82) is 0 Å². The van der Waals surface area contributed by atoms with Crippen LogP contribution >= 0.6 is 11.8 Å². The SMILES string of the molecule is CN(C)CC1(O)CCCN(C(=O)CSCC(=O)N2CCCC(O)(CN(C)C)C2)C1. The Morgan fingerprint density at radius 1 is 0.828 bits per heavy atom. The zero-order valence-electron chi connectivity index (χ0n) is 18.4. The molecule has 2 aliphatic heterocycles. The first-order valence-electron chi connectivity index (χ1n) is 10.4. The molecule has 168 valence electrons. The minimum absolute atomic E-state index is 0.0255. The fourth-order valence-corrected chi connectivity index (χ4v) is 5.31. The van der Waals surface area contributed by atoms with E-state index in [-0.39, 0.29) is 23.3 Å². The van der Waals surface area contributed by atoms with E-state index in [0.29, 0.717) is 52.1 Å². The van der Waals surface area contributed by atoms with E-state index >= 15 is 0 Å². The van der Waals surface area contributed by atoms with Crippen molar-refractivity contribution in [3.8, 4) is 0 Å². The maximum absolute atomic E-state index is 12.6. The van der Waals surface area contributed by atoms with Crippen molar-refractivity contribution in [3.05, 3.63) is 0 Å². The maximum atomic E-state index is 12.6. The Balaban J connectivity index is 1.77. The van der Waals surface area contributed by atoms with Crippen molar-refractivity contribution < 1.29 is 19.8 Å². The third-order valence-electron chi connectivity index (χ3n) is 5.49. The molecule has 0 spiro atoms. The first-order chi connectivity index (χ1) is 13.5. The molecule has 0 aromatic rings. The number of aliphatic hydroxyl groups is 2. The Labute approximate surface area is 179 Å². The smallest absolute Gasteiger partial charge is 0.232 e. The van der Waals surface area contributed by atoms with Gasteiger partial charge in [-0.05, 0) is 53.9 Å². The molecule has 0 aliphatic carbocycles. The number of carbonyl (C=O) groups is 2. The second-order valence-electron chi connectivity index (χ2n) is 9.25. The maximum Gasteiger partial charge on any atom is 0.232 e. The van der Waals surface area contributed by atoms with Crippen LogP contribution in [0.5, 0.6) is 0 Å². The highest BCUT2D eigenvalue weighted by atomic mass is 32.2. The van der Waals surface area contributed by atoms with Gasteiger partial charge >= 0.3 is 0 Å². The molecule has 2 atom stereocenters. The molecular weight excluding hydrogens is 392 g/mol. The largest absolute Gasteiger partial charge is 0.387 e. The van der Waals surface area contributed by atoms with Gasteiger partial charge in [0, 0.05) is 26.2 Å². The summed E-state index contributed by atoms with van der Waals surface area (Å²) in [5.41, 5.74) is -1.72. The molecule has 2 rings (SSSR count). The van der Waals surface area contributed by atoms with Gasteiger partial charge in [-0.2, -0.15) is 0 Å². The second kappa shape index (κ2) is 10.4. The summed E-state index contributed by atoms with van der Waals surface area (Å²) in [7, 11) is 7.67. The minimum atomic E-state index is -0.859. The molecule has 0 radical (unpaired) electrons. The Bertz CT molecular complexity index is 529. The molecule has 2 amide bonds. The summed E-state index contributed by atoms with van der Waals surface area (Å²) in [6.07, 6.45) is 2.98. The molecule has 2 fully saturated rings. The van der Waals surface area contributed by atoms with Crippen molar-refractivity contribution in [2.75, 3.05) is 79.0 Å². The van der Waals surface area contributed by atoms with Crippen LogP contribution in [-0.2, 0) is 9.59 Å². The molecule has 2 unspecified atom stereocenters. The highest BCUT2D eigenvalue weighted by Crippen LogP contribution is 2.24. The lowest BCUT2D eigenvalue weighted by Gasteiger charge is -2.41. The molecule has 2 N–H and O–H groups in total. The number of likely N-dealkylation sites (N-methyl/N-ethyl adjacent to an activating group) is 2. The van der Waals surface area contributed by atoms with Gasteiger partial charge in [0.2, 0.25) is 11.8 Å². The molecule has 8 nitrogen and oxygen atoms in total. The van der Waals surface area contributed by atoms with Crippen molar-refractivity contribution in [3.63, 3.8) is 0 Å². The number of β-amino-alcohol motifs (C(OH)–C–C–N with tert-alkyl or cyclic N) is 2. The van der Waals surface area contributed by atoms with Gasteiger partial charge in [0.25, 0.3) is 0 Å². The highest BCUT2D eigenvalue weighted by molar-refractivity contribution is 8.00. The van der Waals surface area contributed by atoms with E-state index in [0.717, 1.165) is 12.8 Å². The van der Waals surface area contributed by atoms with Crippen molar-refractivity contribution in [2.45, 2.75) is 36.9 Å². The van der Waals surface area contributed by atoms with E-state index in [4.69, 9.17) is 0 Å². The lowest BCUT2D eigenvalue weighted by atomic mass is 9.92. The number of rotatable bonds is 8. The topological polar surface area (TPSA) is 87.6 Å². The zero-order valence-corrected chi connectivity index (χ0v) is 19.2. The molecule has 29 heavy (non-hydrogen) atoms. The van der Waals surface area contributed by atoms with Crippen LogP contribution in [0.4, 0.5) is 0 Å². The molecule has 2 heterocycles. The number of hydrogen-bond acceptors (Lipinski definition) is 7. The number of amides is 2. The standard InChI is InChI=1S/C20H38N4O4S/c1-21(2)13-19(27)7-5-9-23(15-19)17(25)11-29-12-18(26)24-10-6-8-20(28,16-24)14-22(3)4/h27-28H,5-16H2,1-4H3. The first kappa shape index (κ1) is 24.4. The molecular formula is C20H38N4O4S. The minimum Gasteiger partial charge on any atom is -0.387 e. The normalized spacial score (nSPS) is 28.3. The number of piperidine rings is 2. The van der Waals surface area contributed by atoms with Crippen LogP contribution in [0.15, 0.2) is 0 Å². The average Bonchev–Trinajstić information content (AvgIpc) is 2.59. The number of hydrogen-bond donors (Lipinski definition) is 2. The Kier molecular flexibility index (Phi) is 8.78.